The van der Waals surface area contributed by atoms with Gasteiger partial charge in [-0.3, -0.25) is 10.1 Å². The molecule has 0 aliphatic heterocycles. The highest BCUT2D eigenvalue weighted by atomic mass is 32.1. The second kappa shape index (κ2) is 7.93. The molecule has 0 saturated heterocycles. The van der Waals surface area contributed by atoms with Gasteiger partial charge in [-0.2, -0.15) is 12.6 Å². The average Bonchev–Trinajstić information content (AvgIpc) is 2.84. The molecule has 1 aromatic heterocycles. The van der Waals surface area contributed by atoms with Crippen LogP contribution in [0.25, 0.3) is 0 Å². The number of nitrogens with zero attached hydrogens (tertiary/aromatic N) is 2. The van der Waals surface area contributed by atoms with Crippen molar-refractivity contribution in [1.82, 2.24) is 15.6 Å². The molecule has 2 N–H and O–H groups in total. The number of nitrogens with one attached hydrogen (secondary N) is 2. The van der Waals surface area contributed by atoms with Crippen molar-refractivity contribution in [2.75, 3.05) is 13.6 Å². The quantitative estimate of drug-likeness (QED) is 0.381. The molecular formula is C10H16N4O2S2. The van der Waals surface area contributed by atoms with Gasteiger partial charge < -0.3 is 10.6 Å². The Morgan fingerprint density at radius 2 is 2.56 bits per heavy atom. The largest absolute Gasteiger partial charge is 0.370 e. The summed E-state index contributed by atoms with van der Waals surface area (Å²) >= 11 is 6.01. The van der Waals surface area contributed by atoms with Gasteiger partial charge in [-0.1, -0.05) is 0 Å². The topological polar surface area (TPSA) is 80.1 Å². The molecule has 1 rings (SSSR count). The highest BCUT2D eigenvalue weighted by molar-refractivity contribution is 7.81. The lowest BCUT2D eigenvalue weighted by atomic mass is 10.2. The molecule has 0 fully saturated rings. The lowest BCUT2D eigenvalue weighted by Crippen LogP contribution is -2.30. The van der Waals surface area contributed by atoms with E-state index in [2.05, 4.69) is 28.2 Å². The summed E-state index contributed by atoms with van der Waals surface area (Å²) in [4.78, 5) is 14.0. The van der Waals surface area contributed by atoms with Gasteiger partial charge in [-0.05, 0) is 12.8 Å². The molecule has 1 aromatic rings. The van der Waals surface area contributed by atoms with Crippen molar-refractivity contribution >= 4 is 24.0 Å². The zero-order valence-corrected chi connectivity index (χ0v) is 11.7. The van der Waals surface area contributed by atoms with E-state index in [1.165, 1.54) is 0 Å². The highest BCUT2D eigenvalue weighted by Gasteiger charge is 2.06. The van der Waals surface area contributed by atoms with Crippen LogP contribution in [0.5, 0.6) is 0 Å². The van der Waals surface area contributed by atoms with Crippen molar-refractivity contribution in [1.29, 1.82) is 0 Å². The molecule has 0 amide bonds. The number of hydrogen-bond donors (Lipinski definition) is 3. The number of aryl methyl sites for hydroxylation is 1. The van der Waals surface area contributed by atoms with Gasteiger partial charge in [0.15, 0.2) is 5.82 Å². The molecular weight excluding hydrogens is 272 g/mol. The molecule has 0 bridgehead atoms. The summed E-state index contributed by atoms with van der Waals surface area (Å²) < 4.78 is 0. The molecule has 18 heavy (non-hydrogen) atoms. The number of rotatable bonds is 8. The molecule has 8 heteroatoms. The minimum absolute atomic E-state index is 0.121. The van der Waals surface area contributed by atoms with Gasteiger partial charge in [0.2, 0.25) is 0 Å². The first-order valence-electron chi connectivity index (χ1n) is 5.44. The third kappa shape index (κ3) is 5.87. The lowest BCUT2D eigenvalue weighted by Gasteiger charge is -2.13. The number of thiazole rings is 1. The van der Waals surface area contributed by atoms with Crippen LogP contribution < -0.4 is 10.6 Å². The third-order valence-electron chi connectivity index (χ3n) is 2.25. The van der Waals surface area contributed by atoms with E-state index in [0.29, 0.717) is 12.4 Å². The molecule has 0 radical (unpaired) electrons. The van der Waals surface area contributed by atoms with E-state index in [0.717, 1.165) is 24.7 Å². The van der Waals surface area contributed by atoms with E-state index >= 15 is 0 Å². The number of hydrogen-bond acceptors (Lipinski definition) is 7. The van der Waals surface area contributed by atoms with Crippen LogP contribution in [-0.4, -0.2) is 28.7 Å². The maximum absolute atomic E-state index is 10.3. The summed E-state index contributed by atoms with van der Waals surface area (Å²) in [5.74, 6) is 0.382. The van der Waals surface area contributed by atoms with E-state index in [-0.39, 0.29) is 5.25 Å². The van der Waals surface area contributed by atoms with Crippen molar-refractivity contribution in [2.24, 2.45) is 0 Å². The van der Waals surface area contributed by atoms with Crippen LogP contribution in [0.3, 0.4) is 0 Å². The number of thiol groups is 1. The Kier molecular flexibility index (Phi) is 6.51. The minimum atomic E-state index is -0.498. The predicted octanol–water partition coefficient (Wildman–Crippen LogP) is 1.26. The van der Waals surface area contributed by atoms with Crippen LogP contribution in [0.1, 0.15) is 12.1 Å². The second-order valence-corrected chi connectivity index (χ2v) is 5.08. The molecule has 0 aromatic carbocycles. The van der Waals surface area contributed by atoms with Gasteiger partial charge in [0, 0.05) is 24.2 Å². The summed E-state index contributed by atoms with van der Waals surface area (Å²) in [6.45, 7) is 0.563. The summed E-state index contributed by atoms with van der Waals surface area (Å²) in [5, 5.41) is 18.1. The van der Waals surface area contributed by atoms with Crippen LogP contribution in [0.2, 0.25) is 0 Å². The van der Waals surface area contributed by atoms with E-state index in [4.69, 9.17) is 0 Å². The Labute approximate surface area is 115 Å². The van der Waals surface area contributed by atoms with E-state index in [1.807, 2.05) is 5.38 Å². The molecule has 0 spiro atoms. The average molecular weight is 288 g/mol. The molecule has 1 heterocycles. The van der Waals surface area contributed by atoms with Crippen LogP contribution in [0.4, 0.5) is 0 Å². The van der Waals surface area contributed by atoms with Gasteiger partial charge in [0.05, 0.1) is 16.1 Å². The Morgan fingerprint density at radius 3 is 3.11 bits per heavy atom. The Balaban J connectivity index is 2.27. The molecule has 0 aliphatic rings. The molecule has 1 unspecified atom stereocenters. The normalized spacial score (nSPS) is 13.1. The summed E-state index contributed by atoms with van der Waals surface area (Å²) in [5.41, 5.74) is 2.87. The molecule has 6 nitrogen and oxygen atoms in total. The molecule has 0 aliphatic carbocycles. The predicted molar refractivity (Wildman–Crippen MR) is 75.3 cm³/mol. The fourth-order valence-corrected chi connectivity index (χ4v) is 2.12. The van der Waals surface area contributed by atoms with Crippen molar-refractivity contribution in [3.63, 3.8) is 0 Å². The van der Waals surface area contributed by atoms with E-state index < -0.39 is 4.92 Å². The van der Waals surface area contributed by atoms with Crippen LogP contribution in [0, 0.1) is 10.1 Å². The standard InChI is InChI=1S/C10H16N4O2S2/c1-11-10(5-14(15)16)12-4-9(17)3-2-8-6-18-7-13-8/h5-7,9,11-12,17H,2-4H2,1H3. The Morgan fingerprint density at radius 1 is 1.78 bits per heavy atom. The maximum Gasteiger partial charge on any atom is 0.274 e. The smallest absolute Gasteiger partial charge is 0.274 e. The van der Waals surface area contributed by atoms with Crippen molar-refractivity contribution in [2.45, 2.75) is 18.1 Å². The molecule has 1 atom stereocenters. The van der Waals surface area contributed by atoms with Gasteiger partial charge in [-0.25, -0.2) is 4.98 Å². The maximum atomic E-state index is 10.3. The van der Waals surface area contributed by atoms with Crippen LogP contribution in [0.15, 0.2) is 22.9 Å². The number of nitro groups is 1. The Hall–Kier alpha value is -1.28. The molecule has 0 saturated carbocycles. The monoisotopic (exact) mass is 288 g/mol. The van der Waals surface area contributed by atoms with Crippen LogP contribution in [-0.2, 0) is 6.42 Å². The molecule has 100 valence electrons. The zero-order chi connectivity index (χ0) is 13.4. The summed E-state index contributed by atoms with van der Waals surface area (Å²) in [7, 11) is 1.63. The van der Waals surface area contributed by atoms with E-state index in [1.54, 1.807) is 23.9 Å². The summed E-state index contributed by atoms with van der Waals surface area (Å²) in [6, 6.07) is 0. The fourth-order valence-electron chi connectivity index (χ4n) is 1.31. The van der Waals surface area contributed by atoms with Crippen LogP contribution >= 0.6 is 24.0 Å². The first kappa shape index (κ1) is 14.8. The highest BCUT2D eigenvalue weighted by Crippen LogP contribution is 2.09. The SMILES string of the molecule is CNC(=C[N+](=O)[O-])NCC(S)CCc1cscn1. The zero-order valence-electron chi connectivity index (χ0n) is 10.00. The van der Waals surface area contributed by atoms with Gasteiger partial charge in [0.1, 0.15) is 0 Å². The second-order valence-electron chi connectivity index (χ2n) is 3.63. The number of aromatic nitrogens is 1. The summed E-state index contributed by atoms with van der Waals surface area (Å²) in [6.07, 6.45) is 2.64. The van der Waals surface area contributed by atoms with Crippen molar-refractivity contribution in [3.05, 3.63) is 38.7 Å². The van der Waals surface area contributed by atoms with Gasteiger partial charge in [-0.15, -0.1) is 11.3 Å². The third-order valence-corrected chi connectivity index (χ3v) is 3.33. The fraction of sp³-hybridized carbons (Fsp3) is 0.500. The Bertz CT molecular complexity index is 395. The van der Waals surface area contributed by atoms with Gasteiger partial charge >= 0.3 is 0 Å². The van der Waals surface area contributed by atoms with Crippen molar-refractivity contribution < 1.29 is 4.92 Å². The first-order chi connectivity index (χ1) is 8.61. The first-order valence-corrected chi connectivity index (χ1v) is 6.89. The minimum Gasteiger partial charge on any atom is -0.370 e. The van der Waals surface area contributed by atoms with Crippen molar-refractivity contribution in [3.8, 4) is 0 Å². The van der Waals surface area contributed by atoms with Gasteiger partial charge in [0.25, 0.3) is 6.20 Å². The lowest BCUT2D eigenvalue weighted by molar-refractivity contribution is -0.404. The van der Waals surface area contributed by atoms with E-state index in [9.17, 15) is 10.1 Å².